The molecule has 0 fully saturated rings. The molecule has 5 rings (SSSR count). The summed E-state index contributed by atoms with van der Waals surface area (Å²) < 4.78 is 13.2. The minimum atomic E-state index is -1.34. The molecule has 0 saturated carbocycles. The van der Waals surface area contributed by atoms with Crippen LogP contribution in [0.1, 0.15) is 29.2 Å². The number of ether oxygens (including phenoxy) is 2. The first-order valence-corrected chi connectivity index (χ1v) is 14.2. The lowest BCUT2D eigenvalue weighted by Crippen LogP contribution is -2.49. The molecule has 1 aliphatic heterocycles. The van der Waals surface area contributed by atoms with Gasteiger partial charge in [0.05, 0.1) is 13.7 Å². The smallest absolute Gasteiger partial charge is 0.276 e. The number of benzene rings is 4. The van der Waals surface area contributed by atoms with E-state index >= 15 is 0 Å². The van der Waals surface area contributed by atoms with Crippen molar-refractivity contribution in [3.05, 3.63) is 124 Å². The Hall–Kier alpha value is -3.98. The number of aliphatic hydroxyl groups excluding tert-OH is 1. The molecule has 8 heteroatoms. The number of aliphatic imine (C=N–C) groups is 1. The van der Waals surface area contributed by atoms with Gasteiger partial charge in [0.1, 0.15) is 5.75 Å². The van der Waals surface area contributed by atoms with Crippen molar-refractivity contribution in [1.29, 1.82) is 0 Å². The molecule has 4 aromatic carbocycles. The van der Waals surface area contributed by atoms with Crippen LogP contribution in [0.15, 0.2) is 113 Å². The molecule has 1 heterocycles. The van der Waals surface area contributed by atoms with E-state index in [1.165, 1.54) is 7.11 Å². The van der Waals surface area contributed by atoms with Crippen LogP contribution in [0.3, 0.4) is 0 Å². The summed E-state index contributed by atoms with van der Waals surface area (Å²) in [5.41, 5.74) is 5.80. The summed E-state index contributed by atoms with van der Waals surface area (Å²) in [5.74, 6) is 0.624. The van der Waals surface area contributed by atoms with Gasteiger partial charge in [0.15, 0.2) is 11.6 Å². The topological polar surface area (TPSA) is 89.4 Å². The van der Waals surface area contributed by atoms with Crippen molar-refractivity contribution >= 4 is 27.7 Å². The van der Waals surface area contributed by atoms with Gasteiger partial charge in [0.2, 0.25) is 5.90 Å². The number of carbonyl (C=O) groups excluding carboxylic acids is 1. The van der Waals surface area contributed by atoms with E-state index < -0.39 is 17.6 Å². The van der Waals surface area contributed by atoms with Gasteiger partial charge in [0, 0.05) is 29.5 Å². The maximum Gasteiger partial charge on any atom is 0.276 e. The normalized spacial score (nSPS) is 17.9. The number of amides is 1. The summed E-state index contributed by atoms with van der Waals surface area (Å²) in [5, 5.41) is 9.02. The van der Waals surface area contributed by atoms with Crippen molar-refractivity contribution in [2.45, 2.75) is 24.5 Å². The number of nitrogens with one attached hydrogen (secondary N) is 1. The highest BCUT2D eigenvalue weighted by molar-refractivity contribution is 9.10. The second kappa shape index (κ2) is 13.1. The van der Waals surface area contributed by atoms with Crippen molar-refractivity contribution < 1.29 is 24.2 Å². The molecular formula is C33H31BrN2O5. The highest BCUT2D eigenvalue weighted by atomic mass is 79.9. The van der Waals surface area contributed by atoms with Crippen LogP contribution in [0, 0.1) is 0 Å². The number of nitrogens with zero attached hydrogens (tertiary/aromatic N) is 1. The summed E-state index contributed by atoms with van der Waals surface area (Å²) in [6.45, 7) is 0.488. The van der Waals surface area contributed by atoms with E-state index in [2.05, 4.69) is 33.5 Å². The van der Waals surface area contributed by atoms with Gasteiger partial charge in [-0.25, -0.2) is 10.5 Å². The van der Waals surface area contributed by atoms with Gasteiger partial charge in [-0.2, -0.15) is 0 Å². The first kappa shape index (κ1) is 28.5. The van der Waals surface area contributed by atoms with Gasteiger partial charge < -0.3 is 14.6 Å². The Morgan fingerprint density at radius 3 is 2.24 bits per heavy atom. The predicted molar refractivity (Wildman–Crippen MR) is 162 cm³/mol. The fraction of sp³-hybridized carbons (Fsp3) is 0.212. The van der Waals surface area contributed by atoms with E-state index in [1.54, 1.807) is 0 Å². The maximum atomic E-state index is 13.8. The Balaban J connectivity index is 1.54. The lowest BCUT2D eigenvalue weighted by atomic mass is 9.82. The van der Waals surface area contributed by atoms with Gasteiger partial charge >= 0.3 is 0 Å². The van der Waals surface area contributed by atoms with Gasteiger partial charge in [-0.15, -0.1) is 0 Å². The fourth-order valence-electron chi connectivity index (χ4n) is 4.86. The lowest BCUT2D eigenvalue weighted by Gasteiger charge is -2.30. The molecule has 0 aliphatic carbocycles. The standard InChI is InChI=1S/C33H31BrN2O5/c1-39-36-32(38)33(22-23-8-16-28(34)17-9-23)30(26-12-10-25(11-13-26)24-6-3-2-4-7-24)41-31(35-33)27-14-18-29(19-15-27)40-21-5-20-37/h2-4,6-19,30,37H,5,20-22H2,1H3,(H,36,38)/t30-,33-/m0/s1. The Kier molecular flexibility index (Phi) is 9.14. The molecule has 7 nitrogen and oxygen atoms in total. The summed E-state index contributed by atoms with van der Waals surface area (Å²) >= 11 is 3.49. The molecule has 2 N–H and O–H groups in total. The molecule has 0 aromatic heterocycles. The summed E-state index contributed by atoms with van der Waals surface area (Å²) in [6, 6.07) is 33.3. The molecule has 1 amide bonds. The quantitative estimate of drug-likeness (QED) is 0.158. The zero-order valence-electron chi connectivity index (χ0n) is 22.6. The molecule has 0 radical (unpaired) electrons. The molecule has 0 spiro atoms. The molecule has 0 bridgehead atoms. The minimum Gasteiger partial charge on any atom is -0.494 e. The number of hydrogen-bond donors (Lipinski definition) is 2. The molecule has 0 unspecified atom stereocenters. The van der Waals surface area contributed by atoms with E-state index in [0.29, 0.717) is 30.2 Å². The Morgan fingerprint density at radius 2 is 1.59 bits per heavy atom. The zero-order chi connectivity index (χ0) is 28.7. The van der Waals surface area contributed by atoms with Crippen molar-refractivity contribution in [3.63, 3.8) is 0 Å². The van der Waals surface area contributed by atoms with Crippen molar-refractivity contribution in [3.8, 4) is 16.9 Å². The maximum absolute atomic E-state index is 13.8. The summed E-state index contributed by atoms with van der Waals surface area (Å²) in [6.07, 6.45) is 0.115. The minimum absolute atomic E-state index is 0.0699. The van der Waals surface area contributed by atoms with E-state index in [-0.39, 0.29) is 13.0 Å². The number of hydroxylamine groups is 1. The van der Waals surface area contributed by atoms with Crippen LogP contribution in [0.5, 0.6) is 5.75 Å². The third kappa shape index (κ3) is 6.51. The van der Waals surface area contributed by atoms with Crippen molar-refractivity contribution in [2.24, 2.45) is 4.99 Å². The number of rotatable bonds is 11. The molecule has 4 aromatic rings. The lowest BCUT2D eigenvalue weighted by molar-refractivity contribution is -0.139. The van der Waals surface area contributed by atoms with E-state index in [4.69, 9.17) is 24.4 Å². The number of aliphatic hydroxyl groups is 1. The Labute approximate surface area is 247 Å². The van der Waals surface area contributed by atoms with Crippen molar-refractivity contribution in [1.82, 2.24) is 5.48 Å². The average Bonchev–Trinajstić information content (AvgIpc) is 3.40. The number of halogens is 1. The van der Waals surface area contributed by atoms with E-state index in [9.17, 15) is 4.79 Å². The second-order valence-electron chi connectivity index (χ2n) is 9.72. The van der Waals surface area contributed by atoms with Crippen LogP contribution in [0.2, 0.25) is 0 Å². The largest absolute Gasteiger partial charge is 0.494 e. The van der Waals surface area contributed by atoms with Crippen molar-refractivity contribution in [2.75, 3.05) is 20.3 Å². The second-order valence-corrected chi connectivity index (χ2v) is 10.6. The first-order valence-electron chi connectivity index (χ1n) is 13.4. The fourth-order valence-corrected chi connectivity index (χ4v) is 5.12. The number of hydrogen-bond acceptors (Lipinski definition) is 6. The Morgan fingerprint density at radius 1 is 0.927 bits per heavy atom. The van der Waals surface area contributed by atoms with Gasteiger partial charge in [-0.05, 0) is 58.7 Å². The highest BCUT2D eigenvalue weighted by Gasteiger charge is 2.53. The van der Waals surface area contributed by atoms with Gasteiger partial charge in [0.25, 0.3) is 5.91 Å². The SMILES string of the molecule is CONC(=O)[C@@]1(Cc2ccc(Br)cc2)N=C(c2ccc(OCCCO)cc2)O[C@H]1c1ccc(-c2ccccc2)cc1. The van der Waals surface area contributed by atoms with Crippen LogP contribution in [0.25, 0.3) is 11.1 Å². The van der Waals surface area contributed by atoms with Crippen LogP contribution in [-0.4, -0.2) is 42.8 Å². The van der Waals surface area contributed by atoms with E-state index in [0.717, 1.165) is 26.7 Å². The third-order valence-corrected chi connectivity index (χ3v) is 7.46. The van der Waals surface area contributed by atoms with Crippen LogP contribution in [0.4, 0.5) is 0 Å². The average molecular weight is 616 g/mol. The molecule has 0 saturated heterocycles. The molecular weight excluding hydrogens is 584 g/mol. The molecule has 1 aliphatic rings. The molecule has 41 heavy (non-hydrogen) atoms. The molecule has 2 atom stereocenters. The zero-order valence-corrected chi connectivity index (χ0v) is 24.2. The van der Waals surface area contributed by atoms with Crippen LogP contribution >= 0.6 is 15.9 Å². The summed E-state index contributed by atoms with van der Waals surface area (Å²) in [7, 11) is 1.41. The summed E-state index contributed by atoms with van der Waals surface area (Å²) in [4.78, 5) is 23.9. The molecule has 210 valence electrons. The van der Waals surface area contributed by atoms with Gasteiger partial charge in [-0.3, -0.25) is 9.63 Å². The highest BCUT2D eigenvalue weighted by Crippen LogP contribution is 2.43. The van der Waals surface area contributed by atoms with E-state index in [1.807, 2.05) is 91.0 Å². The monoisotopic (exact) mass is 614 g/mol. The van der Waals surface area contributed by atoms with Gasteiger partial charge in [-0.1, -0.05) is 82.7 Å². The van der Waals surface area contributed by atoms with Crippen LogP contribution < -0.4 is 10.2 Å². The first-order chi connectivity index (χ1) is 20.0. The van der Waals surface area contributed by atoms with Crippen LogP contribution in [-0.2, 0) is 20.8 Å². The number of carbonyl (C=O) groups is 1. The predicted octanol–water partition coefficient (Wildman–Crippen LogP) is 6.05. The third-order valence-electron chi connectivity index (χ3n) is 6.93. The Bertz CT molecular complexity index is 1480.